The standard InChI is InChI=1S/C13H15NO2.C9H9N/c1-3-16-13(15)8-10-9-14(2)12-7-5-4-6-11(10)12;1-10-7-6-8-4-2-3-5-9(8)10/h4-7,9H,3,8H2,1-2H3;2-7H,1H3. The molecule has 0 aliphatic heterocycles. The highest BCUT2D eigenvalue weighted by Gasteiger charge is 2.10. The van der Waals surface area contributed by atoms with Gasteiger partial charge >= 0.3 is 5.97 Å². The van der Waals surface area contributed by atoms with Crippen LogP contribution < -0.4 is 0 Å². The van der Waals surface area contributed by atoms with E-state index in [0.29, 0.717) is 13.0 Å². The summed E-state index contributed by atoms with van der Waals surface area (Å²) < 4.78 is 9.11. The van der Waals surface area contributed by atoms with Gasteiger partial charge in [-0.25, -0.2) is 0 Å². The molecule has 2 aromatic heterocycles. The first kappa shape index (κ1) is 17.8. The molecule has 134 valence electrons. The van der Waals surface area contributed by atoms with E-state index >= 15 is 0 Å². The maximum Gasteiger partial charge on any atom is 0.310 e. The molecule has 0 bridgehead atoms. The van der Waals surface area contributed by atoms with Crippen molar-refractivity contribution in [2.75, 3.05) is 6.61 Å². The fourth-order valence-electron chi connectivity index (χ4n) is 3.16. The highest BCUT2D eigenvalue weighted by molar-refractivity contribution is 5.87. The topological polar surface area (TPSA) is 36.2 Å². The van der Waals surface area contributed by atoms with Crippen molar-refractivity contribution in [3.05, 3.63) is 72.6 Å². The lowest BCUT2D eigenvalue weighted by Crippen LogP contribution is -2.07. The van der Waals surface area contributed by atoms with Crippen molar-refractivity contribution in [3.8, 4) is 0 Å². The summed E-state index contributed by atoms with van der Waals surface area (Å²) in [7, 11) is 4.04. The van der Waals surface area contributed by atoms with Crippen LogP contribution in [0.3, 0.4) is 0 Å². The molecule has 4 heteroatoms. The minimum atomic E-state index is -0.168. The number of carbonyl (C=O) groups excluding carboxylic acids is 1. The van der Waals surface area contributed by atoms with Gasteiger partial charge in [0.2, 0.25) is 0 Å². The lowest BCUT2D eigenvalue weighted by atomic mass is 10.1. The Kier molecular flexibility index (Phi) is 5.42. The van der Waals surface area contributed by atoms with Gasteiger partial charge in [0.15, 0.2) is 0 Å². The molecule has 0 amide bonds. The van der Waals surface area contributed by atoms with Crippen LogP contribution in [0.5, 0.6) is 0 Å². The number of aryl methyl sites for hydroxylation is 2. The second-order valence-electron chi connectivity index (χ2n) is 6.25. The number of ether oxygens (including phenoxy) is 1. The summed E-state index contributed by atoms with van der Waals surface area (Å²) in [5, 5.41) is 2.43. The lowest BCUT2D eigenvalue weighted by Gasteiger charge is -2.00. The largest absolute Gasteiger partial charge is 0.466 e. The van der Waals surface area contributed by atoms with Gasteiger partial charge in [-0.15, -0.1) is 0 Å². The molecule has 0 radical (unpaired) electrons. The Labute approximate surface area is 153 Å². The Hall–Kier alpha value is -3.01. The maximum absolute atomic E-state index is 11.4. The first-order valence-corrected chi connectivity index (χ1v) is 8.78. The molecule has 4 rings (SSSR count). The zero-order valence-corrected chi connectivity index (χ0v) is 15.5. The number of esters is 1. The van der Waals surface area contributed by atoms with Gasteiger partial charge in [-0.1, -0.05) is 36.4 Å². The summed E-state index contributed by atoms with van der Waals surface area (Å²) in [5.74, 6) is -0.168. The van der Waals surface area contributed by atoms with Crippen molar-refractivity contribution < 1.29 is 9.53 Å². The van der Waals surface area contributed by atoms with Crippen molar-refractivity contribution in [2.24, 2.45) is 14.1 Å². The average Bonchev–Trinajstić information content (AvgIpc) is 3.17. The summed E-state index contributed by atoms with van der Waals surface area (Å²) in [6, 6.07) is 18.5. The minimum absolute atomic E-state index is 0.168. The molecule has 0 saturated carbocycles. The van der Waals surface area contributed by atoms with Crippen LogP contribution in [0.1, 0.15) is 12.5 Å². The zero-order valence-electron chi connectivity index (χ0n) is 15.5. The normalized spacial score (nSPS) is 10.6. The number of hydrogen-bond donors (Lipinski definition) is 0. The second-order valence-corrected chi connectivity index (χ2v) is 6.25. The van der Waals surface area contributed by atoms with Crippen LogP contribution in [0.25, 0.3) is 21.8 Å². The van der Waals surface area contributed by atoms with Crippen LogP contribution in [0, 0.1) is 0 Å². The van der Waals surface area contributed by atoms with E-state index in [1.807, 2.05) is 49.0 Å². The molecule has 4 nitrogen and oxygen atoms in total. The Balaban J connectivity index is 0.000000167. The highest BCUT2D eigenvalue weighted by Crippen LogP contribution is 2.20. The molecule has 0 aliphatic carbocycles. The van der Waals surface area contributed by atoms with Crippen LogP contribution in [0.4, 0.5) is 0 Å². The number of para-hydroxylation sites is 2. The quantitative estimate of drug-likeness (QED) is 0.512. The Morgan fingerprint density at radius 3 is 2.35 bits per heavy atom. The summed E-state index contributed by atoms with van der Waals surface area (Å²) >= 11 is 0. The lowest BCUT2D eigenvalue weighted by molar-refractivity contribution is -0.142. The molecule has 0 fully saturated rings. The Morgan fingerprint density at radius 1 is 0.923 bits per heavy atom. The van der Waals surface area contributed by atoms with Crippen molar-refractivity contribution in [1.29, 1.82) is 0 Å². The van der Waals surface area contributed by atoms with Crippen LogP contribution in [0.15, 0.2) is 67.0 Å². The number of fused-ring (bicyclic) bond motifs is 2. The van der Waals surface area contributed by atoms with Crippen molar-refractivity contribution >= 4 is 27.8 Å². The van der Waals surface area contributed by atoms with E-state index in [1.165, 1.54) is 10.9 Å². The van der Waals surface area contributed by atoms with Crippen LogP contribution >= 0.6 is 0 Å². The van der Waals surface area contributed by atoms with Gasteiger partial charge in [0.05, 0.1) is 13.0 Å². The maximum atomic E-state index is 11.4. The first-order chi connectivity index (χ1) is 12.6. The molecule has 0 spiro atoms. The average molecular weight is 348 g/mol. The van der Waals surface area contributed by atoms with Crippen LogP contribution in [-0.2, 0) is 30.0 Å². The molecule has 0 N–H and O–H groups in total. The molecule has 4 aromatic rings. The van der Waals surface area contributed by atoms with Crippen molar-refractivity contribution in [1.82, 2.24) is 9.13 Å². The summed E-state index contributed by atoms with van der Waals surface area (Å²) in [4.78, 5) is 11.4. The molecule has 2 heterocycles. The van der Waals surface area contributed by atoms with Gasteiger partial charge in [-0.2, -0.15) is 0 Å². The molecular formula is C22H24N2O2. The van der Waals surface area contributed by atoms with Crippen molar-refractivity contribution in [2.45, 2.75) is 13.3 Å². The number of nitrogens with zero attached hydrogens (tertiary/aromatic N) is 2. The fraction of sp³-hybridized carbons (Fsp3) is 0.227. The summed E-state index contributed by atoms with van der Waals surface area (Å²) in [6.07, 6.45) is 4.40. The number of benzene rings is 2. The van der Waals surface area contributed by atoms with Gasteiger partial charge in [-0.05, 0) is 36.1 Å². The number of aromatic nitrogens is 2. The number of carbonyl (C=O) groups is 1. The zero-order chi connectivity index (χ0) is 18.5. The smallest absolute Gasteiger partial charge is 0.310 e. The third-order valence-electron chi connectivity index (χ3n) is 4.41. The predicted molar refractivity (Wildman–Crippen MR) is 106 cm³/mol. The van der Waals surface area contributed by atoms with E-state index in [1.54, 1.807) is 0 Å². The Bertz CT molecular complexity index is 1030. The van der Waals surface area contributed by atoms with Crippen LogP contribution in [0.2, 0.25) is 0 Å². The highest BCUT2D eigenvalue weighted by atomic mass is 16.5. The molecule has 26 heavy (non-hydrogen) atoms. The summed E-state index contributed by atoms with van der Waals surface area (Å²) in [5.41, 5.74) is 3.46. The first-order valence-electron chi connectivity index (χ1n) is 8.78. The fourth-order valence-corrected chi connectivity index (χ4v) is 3.16. The molecular weight excluding hydrogens is 324 g/mol. The van der Waals surface area contributed by atoms with E-state index in [0.717, 1.165) is 16.5 Å². The SMILES string of the molecule is CCOC(=O)Cc1cn(C)c2ccccc12.Cn1ccc2ccccc21. The monoisotopic (exact) mass is 348 g/mol. The van der Waals surface area contributed by atoms with E-state index in [2.05, 4.69) is 48.1 Å². The minimum Gasteiger partial charge on any atom is -0.466 e. The molecule has 2 aromatic carbocycles. The number of rotatable bonds is 3. The molecule has 0 saturated heterocycles. The summed E-state index contributed by atoms with van der Waals surface area (Å²) in [6.45, 7) is 2.25. The van der Waals surface area contributed by atoms with Gasteiger partial charge in [-0.3, -0.25) is 4.79 Å². The van der Waals surface area contributed by atoms with Crippen LogP contribution in [-0.4, -0.2) is 21.7 Å². The molecule has 0 unspecified atom stereocenters. The Morgan fingerprint density at radius 2 is 1.62 bits per heavy atom. The van der Waals surface area contributed by atoms with Gasteiger partial charge in [0, 0.05) is 42.9 Å². The van der Waals surface area contributed by atoms with E-state index in [-0.39, 0.29) is 5.97 Å². The third-order valence-corrected chi connectivity index (χ3v) is 4.41. The second kappa shape index (κ2) is 7.91. The predicted octanol–water partition coefficient (Wildman–Crippen LogP) is 4.46. The van der Waals surface area contributed by atoms with E-state index < -0.39 is 0 Å². The van der Waals surface area contributed by atoms with Gasteiger partial charge in [0.1, 0.15) is 0 Å². The number of hydrogen-bond acceptors (Lipinski definition) is 2. The van der Waals surface area contributed by atoms with Gasteiger partial charge in [0.25, 0.3) is 0 Å². The third kappa shape index (κ3) is 3.80. The van der Waals surface area contributed by atoms with Gasteiger partial charge < -0.3 is 13.9 Å². The van der Waals surface area contributed by atoms with Crippen molar-refractivity contribution in [3.63, 3.8) is 0 Å². The van der Waals surface area contributed by atoms with E-state index in [9.17, 15) is 4.79 Å². The molecule has 0 aliphatic rings. The van der Waals surface area contributed by atoms with E-state index in [4.69, 9.17) is 4.74 Å². The molecule has 0 atom stereocenters.